The monoisotopic (exact) mass is 263 g/mol. The Kier molecular flexibility index (Phi) is 3.37. The van der Waals surface area contributed by atoms with E-state index in [1.165, 1.54) is 0 Å². The van der Waals surface area contributed by atoms with Crippen molar-refractivity contribution in [3.63, 3.8) is 0 Å². The van der Waals surface area contributed by atoms with Crippen molar-refractivity contribution in [3.8, 4) is 5.75 Å². The zero-order valence-electron chi connectivity index (χ0n) is 10.5. The van der Waals surface area contributed by atoms with Crippen LogP contribution in [0.1, 0.15) is 11.6 Å². The number of fused-ring (bicyclic) bond motifs is 1. The van der Waals surface area contributed by atoms with Gasteiger partial charge in [0.2, 0.25) is 0 Å². The number of hydrogen-bond donors (Lipinski definition) is 3. The highest BCUT2D eigenvalue weighted by Crippen LogP contribution is 2.30. The number of carbonyl (C=O) groups is 1. The minimum atomic E-state index is -0.176. The molecule has 102 valence electrons. The molecule has 6 nitrogen and oxygen atoms in total. The predicted molar refractivity (Wildman–Crippen MR) is 70.1 cm³/mol. The van der Waals surface area contributed by atoms with Crippen molar-refractivity contribution in [2.45, 2.75) is 12.1 Å². The molecule has 2 aliphatic heterocycles. The number of benzene rings is 1. The summed E-state index contributed by atoms with van der Waals surface area (Å²) in [5.41, 5.74) is 7.87. The number of nitrogens with two attached hydrogens (primary N) is 1. The Morgan fingerprint density at radius 1 is 1.42 bits per heavy atom. The summed E-state index contributed by atoms with van der Waals surface area (Å²) in [6.45, 7) is 2.19. The van der Waals surface area contributed by atoms with Gasteiger partial charge in [0.15, 0.2) is 6.61 Å². The van der Waals surface area contributed by atoms with Gasteiger partial charge in [0.05, 0.1) is 18.9 Å². The van der Waals surface area contributed by atoms with Crippen LogP contribution in [0.15, 0.2) is 18.2 Å². The van der Waals surface area contributed by atoms with Gasteiger partial charge in [-0.2, -0.15) is 0 Å². The van der Waals surface area contributed by atoms with Crippen molar-refractivity contribution in [3.05, 3.63) is 23.8 Å². The smallest absolute Gasteiger partial charge is 0.262 e. The van der Waals surface area contributed by atoms with Crippen LogP contribution >= 0.6 is 0 Å². The Balaban J connectivity index is 1.80. The standard InChI is InChI=1S/C13H17N3O3/c14-13(10-6-18-4-3-15-10)8-1-2-11-9(5-8)16-12(17)7-19-11/h1-2,5,10,13,15H,3-4,6-7,14H2,(H,16,17). The van der Waals surface area contributed by atoms with Gasteiger partial charge in [-0.05, 0) is 17.7 Å². The second-order valence-corrected chi connectivity index (χ2v) is 4.75. The fourth-order valence-electron chi connectivity index (χ4n) is 2.36. The molecule has 1 aromatic carbocycles. The molecule has 1 fully saturated rings. The Morgan fingerprint density at radius 2 is 2.32 bits per heavy atom. The summed E-state index contributed by atoms with van der Waals surface area (Å²) >= 11 is 0. The molecule has 1 amide bonds. The first-order chi connectivity index (χ1) is 9.24. The molecule has 2 aliphatic rings. The molecule has 0 spiro atoms. The van der Waals surface area contributed by atoms with Gasteiger partial charge in [-0.15, -0.1) is 0 Å². The van der Waals surface area contributed by atoms with Crippen molar-refractivity contribution in [1.82, 2.24) is 5.32 Å². The SMILES string of the molecule is NC(c1ccc2c(c1)NC(=O)CO2)C1COCCN1. The molecule has 0 radical (unpaired) electrons. The summed E-state index contributed by atoms with van der Waals surface area (Å²) in [5.74, 6) is 0.542. The van der Waals surface area contributed by atoms with Crippen molar-refractivity contribution in [2.24, 2.45) is 5.73 Å². The maximum absolute atomic E-state index is 11.3. The van der Waals surface area contributed by atoms with E-state index in [4.69, 9.17) is 15.2 Å². The first-order valence-electron chi connectivity index (χ1n) is 6.37. The van der Waals surface area contributed by atoms with Crippen LogP contribution in [-0.4, -0.2) is 38.3 Å². The van der Waals surface area contributed by atoms with E-state index >= 15 is 0 Å². The van der Waals surface area contributed by atoms with Crippen molar-refractivity contribution >= 4 is 11.6 Å². The summed E-state index contributed by atoms with van der Waals surface area (Å²) in [5, 5.41) is 6.12. The highest BCUT2D eigenvalue weighted by Gasteiger charge is 2.24. The second-order valence-electron chi connectivity index (χ2n) is 4.75. The lowest BCUT2D eigenvalue weighted by Crippen LogP contribution is -2.47. The quantitative estimate of drug-likeness (QED) is 0.699. The van der Waals surface area contributed by atoms with E-state index < -0.39 is 0 Å². The maximum atomic E-state index is 11.3. The van der Waals surface area contributed by atoms with Crippen LogP contribution < -0.4 is 21.1 Å². The molecule has 1 aromatic rings. The Hall–Kier alpha value is -1.63. The van der Waals surface area contributed by atoms with E-state index in [2.05, 4.69) is 10.6 Å². The molecule has 0 bridgehead atoms. The zero-order chi connectivity index (χ0) is 13.2. The maximum Gasteiger partial charge on any atom is 0.262 e. The molecule has 3 rings (SSSR count). The van der Waals surface area contributed by atoms with Gasteiger partial charge in [0.1, 0.15) is 5.75 Å². The molecular formula is C13H17N3O3. The molecule has 2 atom stereocenters. The van der Waals surface area contributed by atoms with Crippen LogP contribution in [0.2, 0.25) is 0 Å². The van der Waals surface area contributed by atoms with E-state index in [1.807, 2.05) is 18.2 Å². The molecule has 0 saturated carbocycles. The number of amides is 1. The minimum Gasteiger partial charge on any atom is -0.482 e. The van der Waals surface area contributed by atoms with E-state index in [1.54, 1.807) is 0 Å². The third-order valence-corrected chi connectivity index (χ3v) is 3.41. The molecule has 4 N–H and O–H groups in total. The zero-order valence-corrected chi connectivity index (χ0v) is 10.5. The third-order valence-electron chi connectivity index (χ3n) is 3.41. The lowest BCUT2D eigenvalue weighted by Gasteiger charge is -2.29. The Bertz CT molecular complexity index is 486. The number of hydrogen-bond acceptors (Lipinski definition) is 5. The second kappa shape index (κ2) is 5.16. The summed E-state index contributed by atoms with van der Waals surface area (Å²) in [6, 6.07) is 5.55. The number of carbonyl (C=O) groups excluding carboxylic acids is 1. The Morgan fingerprint density at radius 3 is 3.11 bits per heavy atom. The fraction of sp³-hybridized carbons (Fsp3) is 0.462. The first-order valence-corrected chi connectivity index (χ1v) is 6.37. The number of morpholine rings is 1. The van der Waals surface area contributed by atoms with Gasteiger partial charge >= 0.3 is 0 Å². The Labute approximate surface area is 111 Å². The van der Waals surface area contributed by atoms with Gasteiger partial charge < -0.3 is 25.8 Å². The van der Waals surface area contributed by atoms with Gasteiger partial charge in [-0.3, -0.25) is 4.79 Å². The van der Waals surface area contributed by atoms with E-state index in [0.29, 0.717) is 18.0 Å². The molecule has 2 unspecified atom stereocenters. The summed E-state index contributed by atoms with van der Waals surface area (Å²) in [6.07, 6.45) is 0. The van der Waals surface area contributed by atoms with Crippen LogP contribution in [0, 0.1) is 0 Å². The normalized spacial score (nSPS) is 24.1. The highest BCUT2D eigenvalue weighted by molar-refractivity contribution is 5.95. The molecule has 0 aromatic heterocycles. The summed E-state index contributed by atoms with van der Waals surface area (Å²) in [4.78, 5) is 11.3. The number of nitrogens with one attached hydrogen (secondary N) is 2. The van der Waals surface area contributed by atoms with Crippen LogP contribution in [0.25, 0.3) is 0 Å². The van der Waals surface area contributed by atoms with Gasteiger partial charge in [-0.25, -0.2) is 0 Å². The third kappa shape index (κ3) is 2.56. The lowest BCUT2D eigenvalue weighted by molar-refractivity contribution is -0.118. The molecule has 0 aliphatic carbocycles. The van der Waals surface area contributed by atoms with Gasteiger partial charge in [-0.1, -0.05) is 6.07 Å². The lowest BCUT2D eigenvalue weighted by atomic mass is 9.99. The topological polar surface area (TPSA) is 85.6 Å². The van der Waals surface area contributed by atoms with Gasteiger partial charge in [0.25, 0.3) is 5.91 Å². The van der Waals surface area contributed by atoms with Crippen LogP contribution in [0.3, 0.4) is 0 Å². The number of anilines is 1. The number of rotatable bonds is 2. The van der Waals surface area contributed by atoms with Crippen LogP contribution in [0.4, 0.5) is 5.69 Å². The highest BCUT2D eigenvalue weighted by atomic mass is 16.5. The fourth-order valence-corrected chi connectivity index (χ4v) is 2.36. The van der Waals surface area contributed by atoms with Gasteiger partial charge in [0, 0.05) is 18.6 Å². The predicted octanol–water partition coefficient (Wildman–Crippen LogP) is 0.00570. The molecule has 6 heteroatoms. The van der Waals surface area contributed by atoms with Crippen LogP contribution in [0.5, 0.6) is 5.75 Å². The van der Waals surface area contributed by atoms with Crippen LogP contribution in [-0.2, 0) is 9.53 Å². The summed E-state index contributed by atoms with van der Waals surface area (Å²) < 4.78 is 10.7. The average Bonchev–Trinajstić information content (AvgIpc) is 2.46. The van der Waals surface area contributed by atoms with E-state index in [9.17, 15) is 4.79 Å². The number of ether oxygens (including phenoxy) is 2. The van der Waals surface area contributed by atoms with E-state index in [-0.39, 0.29) is 24.6 Å². The largest absolute Gasteiger partial charge is 0.482 e. The molecule has 19 heavy (non-hydrogen) atoms. The molecule has 2 heterocycles. The van der Waals surface area contributed by atoms with Crippen molar-refractivity contribution in [1.29, 1.82) is 0 Å². The average molecular weight is 263 g/mol. The minimum absolute atomic E-state index is 0.0659. The molecule has 1 saturated heterocycles. The van der Waals surface area contributed by atoms with Crippen molar-refractivity contribution < 1.29 is 14.3 Å². The molecular weight excluding hydrogens is 246 g/mol. The first kappa shape index (κ1) is 12.4. The van der Waals surface area contributed by atoms with E-state index in [0.717, 1.165) is 18.7 Å². The van der Waals surface area contributed by atoms with Crippen molar-refractivity contribution in [2.75, 3.05) is 31.7 Å². The summed E-state index contributed by atoms with van der Waals surface area (Å²) in [7, 11) is 0.